The van der Waals surface area contributed by atoms with Gasteiger partial charge in [0.05, 0.1) is 0 Å². The molecule has 0 spiro atoms. The summed E-state index contributed by atoms with van der Waals surface area (Å²) in [7, 11) is 3.33. The lowest BCUT2D eigenvalue weighted by Gasteiger charge is -2.21. The molecule has 4 nitrogen and oxygen atoms in total. The van der Waals surface area contributed by atoms with E-state index >= 15 is 0 Å². The second-order valence-corrected chi connectivity index (χ2v) is 3.95. The summed E-state index contributed by atoms with van der Waals surface area (Å²) in [6.45, 7) is 1.08. The summed E-state index contributed by atoms with van der Waals surface area (Å²) in [4.78, 5) is 13.4. The summed E-state index contributed by atoms with van der Waals surface area (Å²) in [5.74, 6) is 0.847. The molecular weight excluding hydrogens is 180 g/mol. The van der Waals surface area contributed by atoms with E-state index in [1.165, 1.54) is 20.0 Å². The van der Waals surface area contributed by atoms with Crippen molar-refractivity contribution in [3.8, 4) is 0 Å². The molecule has 0 heterocycles. The first-order valence-corrected chi connectivity index (χ1v) is 5.17. The van der Waals surface area contributed by atoms with Crippen LogP contribution in [0.15, 0.2) is 0 Å². The zero-order valence-corrected chi connectivity index (χ0v) is 9.03. The highest BCUT2D eigenvalue weighted by Crippen LogP contribution is 2.32. The average molecular weight is 200 g/mol. The van der Waals surface area contributed by atoms with Gasteiger partial charge in [0.25, 0.3) is 5.91 Å². The second kappa shape index (κ2) is 5.32. The van der Waals surface area contributed by atoms with Crippen LogP contribution in [0, 0.1) is 5.92 Å². The molecule has 1 atom stereocenters. The highest BCUT2D eigenvalue weighted by molar-refractivity contribution is 5.80. The van der Waals surface area contributed by atoms with E-state index in [1.807, 2.05) is 7.05 Å². The number of hydrogen-bond donors (Lipinski definition) is 1. The number of ether oxygens (including phenoxy) is 1. The fraction of sp³-hybridized carbons (Fsp3) is 0.900. The molecule has 1 saturated carbocycles. The second-order valence-electron chi connectivity index (χ2n) is 3.95. The Balaban J connectivity index is 2.25. The number of nitrogens with two attached hydrogens (primary N) is 1. The van der Waals surface area contributed by atoms with Gasteiger partial charge in [-0.25, -0.2) is 0 Å². The molecule has 82 valence electrons. The van der Waals surface area contributed by atoms with E-state index in [9.17, 15) is 4.79 Å². The van der Waals surface area contributed by atoms with Crippen molar-refractivity contribution in [3.63, 3.8) is 0 Å². The Morgan fingerprint density at radius 1 is 1.64 bits per heavy atom. The van der Waals surface area contributed by atoms with Crippen molar-refractivity contribution >= 4 is 5.91 Å². The summed E-state index contributed by atoms with van der Waals surface area (Å²) in [5.41, 5.74) is 5.42. The van der Waals surface area contributed by atoms with Crippen LogP contribution in [0.25, 0.3) is 0 Å². The molecule has 14 heavy (non-hydrogen) atoms. The first-order chi connectivity index (χ1) is 6.69. The fourth-order valence-electron chi connectivity index (χ4n) is 1.44. The monoisotopic (exact) mass is 200 g/mol. The third-order valence-electron chi connectivity index (χ3n) is 2.72. The number of carbonyl (C=O) groups is 1. The number of carbonyl (C=O) groups excluding carboxylic acids is 1. The lowest BCUT2D eigenvalue weighted by Crippen LogP contribution is -2.42. The molecule has 0 radical (unpaired) electrons. The molecule has 0 aromatic rings. The quantitative estimate of drug-likeness (QED) is 0.667. The van der Waals surface area contributed by atoms with Gasteiger partial charge in [-0.15, -0.1) is 0 Å². The van der Waals surface area contributed by atoms with Crippen LogP contribution in [0.5, 0.6) is 0 Å². The summed E-state index contributed by atoms with van der Waals surface area (Å²) >= 11 is 0. The molecule has 0 aliphatic heterocycles. The molecule has 0 saturated heterocycles. The van der Waals surface area contributed by atoms with Gasteiger partial charge in [-0.2, -0.15) is 0 Å². The van der Waals surface area contributed by atoms with Crippen LogP contribution in [0.2, 0.25) is 0 Å². The first kappa shape index (κ1) is 11.5. The van der Waals surface area contributed by atoms with E-state index in [4.69, 9.17) is 10.5 Å². The minimum Gasteiger partial charge on any atom is -0.370 e. The minimum absolute atomic E-state index is 0.00403. The molecular formula is C10H20N2O2. The van der Waals surface area contributed by atoms with E-state index in [1.54, 1.807) is 4.90 Å². The van der Waals surface area contributed by atoms with Crippen LogP contribution in [-0.2, 0) is 9.53 Å². The Bertz CT molecular complexity index is 189. The van der Waals surface area contributed by atoms with E-state index in [0.29, 0.717) is 0 Å². The van der Waals surface area contributed by atoms with Crippen molar-refractivity contribution in [2.75, 3.05) is 27.2 Å². The third kappa shape index (κ3) is 3.27. The average Bonchev–Trinajstić information content (AvgIpc) is 2.99. The number of likely N-dealkylation sites (N-methyl/N-ethyl adjacent to an activating group) is 1. The summed E-state index contributed by atoms with van der Waals surface area (Å²) in [6, 6.07) is 0. The Morgan fingerprint density at radius 2 is 2.29 bits per heavy atom. The van der Waals surface area contributed by atoms with Crippen LogP contribution in [0.3, 0.4) is 0 Å². The van der Waals surface area contributed by atoms with Gasteiger partial charge in [-0.3, -0.25) is 4.79 Å². The van der Waals surface area contributed by atoms with Gasteiger partial charge < -0.3 is 15.4 Å². The minimum atomic E-state index is -0.473. The molecule has 1 rings (SSSR count). The Kier molecular flexibility index (Phi) is 4.35. The summed E-state index contributed by atoms with van der Waals surface area (Å²) in [5, 5.41) is 0. The molecule has 1 fully saturated rings. The normalized spacial score (nSPS) is 17.9. The molecule has 1 aliphatic rings. The SMILES string of the molecule is COC(CN)C(=O)N(C)CCC1CC1. The van der Waals surface area contributed by atoms with E-state index in [2.05, 4.69) is 0 Å². The number of amides is 1. The van der Waals surface area contributed by atoms with Gasteiger partial charge in [-0.1, -0.05) is 12.8 Å². The lowest BCUT2D eigenvalue weighted by atomic mass is 10.2. The van der Waals surface area contributed by atoms with E-state index < -0.39 is 6.10 Å². The smallest absolute Gasteiger partial charge is 0.252 e. The highest BCUT2D eigenvalue weighted by atomic mass is 16.5. The van der Waals surface area contributed by atoms with Crippen molar-refractivity contribution in [1.29, 1.82) is 0 Å². The molecule has 1 aliphatic carbocycles. The maximum absolute atomic E-state index is 11.7. The number of rotatable bonds is 6. The zero-order chi connectivity index (χ0) is 10.6. The third-order valence-corrected chi connectivity index (χ3v) is 2.72. The van der Waals surface area contributed by atoms with Crippen molar-refractivity contribution in [1.82, 2.24) is 4.90 Å². The maximum atomic E-state index is 11.7. The molecule has 4 heteroatoms. The Labute approximate surface area is 85.4 Å². The van der Waals surface area contributed by atoms with Gasteiger partial charge in [0.15, 0.2) is 0 Å². The summed E-state index contributed by atoms with van der Waals surface area (Å²) < 4.78 is 4.99. The van der Waals surface area contributed by atoms with Gasteiger partial charge in [0, 0.05) is 27.2 Å². The van der Waals surface area contributed by atoms with Gasteiger partial charge in [-0.05, 0) is 12.3 Å². The van der Waals surface area contributed by atoms with Gasteiger partial charge in [0.2, 0.25) is 0 Å². The fourth-order valence-corrected chi connectivity index (χ4v) is 1.44. The van der Waals surface area contributed by atoms with Crippen molar-refractivity contribution in [2.45, 2.75) is 25.4 Å². The standard InChI is InChI=1S/C10H20N2O2/c1-12(6-5-8-3-4-8)10(13)9(7-11)14-2/h8-9H,3-7,11H2,1-2H3. The largest absolute Gasteiger partial charge is 0.370 e. The highest BCUT2D eigenvalue weighted by Gasteiger charge is 2.24. The molecule has 1 amide bonds. The van der Waals surface area contributed by atoms with Crippen LogP contribution in [-0.4, -0.2) is 44.2 Å². The predicted molar refractivity (Wildman–Crippen MR) is 54.8 cm³/mol. The number of nitrogens with zero attached hydrogens (tertiary/aromatic N) is 1. The molecule has 1 unspecified atom stereocenters. The zero-order valence-electron chi connectivity index (χ0n) is 9.03. The summed E-state index contributed by atoms with van der Waals surface area (Å²) in [6.07, 6.45) is 3.29. The maximum Gasteiger partial charge on any atom is 0.252 e. The van der Waals surface area contributed by atoms with Crippen molar-refractivity contribution in [2.24, 2.45) is 11.7 Å². The van der Waals surface area contributed by atoms with Gasteiger partial charge in [0.1, 0.15) is 6.10 Å². The first-order valence-electron chi connectivity index (χ1n) is 5.17. The number of methoxy groups -OCH3 is 1. The topological polar surface area (TPSA) is 55.6 Å². The molecule has 0 aromatic heterocycles. The van der Waals surface area contributed by atoms with E-state index in [-0.39, 0.29) is 12.5 Å². The molecule has 0 aromatic carbocycles. The van der Waals surface area contributed by atoms with Crippen LogP contribution >= 0.6 is 0 Å². The van der Waals surface area contributed by atoms with Crippen molar-refractivity contribution < 1.29 is 9.53 Å². The number of hydrogen-bond acceptors (Lipinski definition) is 3. The predicted octanol–water partition coefficient (Wildman–Crippen LogP) is 0.219. The molecule has 2 N–H and O–H groups in total. The Morgan fingerprint density at radius 3 is 2.71 bits per heavy atom. The molecule has 0 bridgehead atoms. The van der Waals surface area contributed by atoms with Crippen molar-refractivity contribution in [3.05, 3.63) is 0 Å². The van der Waals surface area contributed by atoms with Crippen LogP contribution in [0.4, 0.5) is 0 Å². The van der Waals surface area contributed by atoms with Crippen LogP contribution < -0.4 is 5.73 Å². The lowest BCUT2D eigenvalue weighted by molar-refractivity contribution is -0.140. The van der Waals surface area contributed by atoms with Gasteiger partial charge >= 0.3 is 0 Å². The Hall–Kier alpha value is -0.610. The van der Waals surface area contributed by atoms with Crippen LogP contribution in [0.1, 0.15) is 19.3 Å². The van der Waals surface area contributed by atoms with E-state index in [0.717, 1.165) is 18.9 Å².